The van der Waals surface area contributed by atoms with Crippen molar-refractivity contribution < 1.29 is 0 Å². The second-order valence-electron chi connectivity index (χ2n) is 6.31. The third-order valence-corrected chi connectivity index (χ3v) is 4.07. The molecule has 0 saturated heterocycles. The summed E-state index contributed by atoms with van der Waals surface area (Å²) in [5, 5.41) is 9.59. The number of unbranched alkanes of at least 4 members (excludes halogenated alkanes) is 2. The molecule has 2 rings (SSSR count). The fraction of sp³-hybridized carbons (Fsp3) is 0.381. The standard InChI is InChI=1S/C21H25N/c1-17(2)10-5-3-6-13-19-14-9-15-20(21(19)16-22)18-11-7-4-8-12-18/h4,7-9,11-12,14-15,17H,3,5-6,10,13H2,1-2H3. The lowest BCUT2D eigenvalue weighted by atomic mass is 9.93. The van der Waals surface area contributed by atoms with Crippen LogP contribution in [0.25, 0.3) is 11.1 Å². The van der Waals surface area contributed by atoms with E-state index in [0.29, 0.717) is 0 Å². The highest BCUT2D eigenvalue weighted by Crippen LogP contribution is 2.26. The first-order chi connectivity index (χ1) is 10.7. The monoisotopic (exact) mass is 291 g/mol. The van der Waals surface area contributed by atoms with Crippen LogP contribution >= 0.6 is 0 Å². The van der Waals surface area contributed by atoms with Gasteiger partial charge in [0.15, 0.2) is 0 Å². The average molecular weight is 291 g/mol. The van der Waals surface area contributed by atoms with Gasteiger partial charge in [-0.05, 0) is 35.4 Å². The Labute approximate surface area is 134 Å². The highest BCUT2D eigenvalue weighted by Gasteiger charge is 2.09. The molecule has 0 bridgehead atoms. The number of hydrogen-bond donors (Lipinski definition) is 0. The van der Waals surface area contributed by atoms with E-state index in [1.54, 1.807) is 0 Å². The van der Waals surface area contributed by atoms with Crippen molar-refractivity contribution in [3.63, 3.8) is 0 Å². The Morgan fingerprint density at radius 1 is 0.909 bits per heavy atom. The van der Waals surface area contributed by atoms with Crippen LogP contribution in [0.4, 0.5) is 0 Å². The minimum atomic E-state index is 0.788. The molecular formula is C21H25N. The van der Waals surface area contributed by atoms with Gasteiger partial charge in [0.05, 0.1) is 5.56 Å². The topological polar surface area (TPSA) is 23.8 Å². The lowest BCUT2D eigenvalue weighted by Crippen LogP contribution is -1.95. The molecule has 114 valence electrons. The molecule has 0 atom stereocenters. The number of aryl methyl sites for hydroxylation is 1. The van der Waals surface area contributed by atoms with Crippen molar-refractivity contribution in [3.05, 3.63) is 59.7 Å². The van der Waals surface area contributed by atoms with Gasteiger partial charge in [0.2, 0.25) is 0 Å². The molecule has 0 unspecified atom stereocenters. The van der Waals surface area contributed by atoms with Gasteiger partial charge in [-0.2, -0.15) is 5.26 Å². The Morgan fingerprint density at radius 2 is 1.68 bits per heavy atom. The van der Waals surface area contributed by atoms with E-state index < -0.39 is 0 Å². The van der Waals surface area contributed by atoms with Crippen molar-refractivity contribution in [1.82, 2.24) is 0 Å². The molecule has 0 aromatic heterocycles. The highest BCUT2D eigenvalue weighted by atomic mass is 14.3. The van der Waals surface area contributed by atoms with E-state index in [0.717, 1.165) is 29.0 Å². The summed E-state index contributed by atoms with van der Waals surface area (Å²) in [5.74, 6) is 0.788. The largest absolute Gasteiger partial charge is 0.192 e. The van der Waals surface area contributed by atoms with Gasteiger partial charge >= 0.3 is 0 Å². The molecule has 0 fully saturated rings. The average Bonchev–Trinajstić information content (AvgIpc) is 2.54. The van der Waals surface area contributed by atoms with Gasteiger partial charge in [0.25, 0.3) is 0 Å². The van der Waals surface area contributed by atoms with Gasteiger partial charge < -0.3 is 0 Å². The summed E-state index contributed by atoms with van der Waals surface area (Å²) in [5.41, 5.74) is 4.22. The quantitative estimate of drug-likeness (QED) is 0.575. The Balaban J connectivity index is 2.08. The summed E-state index contributed by atoms with van der Waals surface area (Å²) in [6.45, 7) is 4.55. The molecule has 0 amide bonds. The second kappa shape index (κ2) is 8.39. The predicted molar refractivity (Wildman–Crippen MR) is 93.6 cm³/mol. The number of benzene rings is 2. The van der Waals surface area contributed by atoms with Gasteiger partial charge in [-0.25, -0.2) is 0 Å². The van der Waals surface area contributed by atoms with Crippen molar-refractivity contribution in [2.75, 3.05) is 0 Å². The summed E-state index contributed by atoms with van der Waals surface area (Å²) in [6.07, 6.45) is 6.01. The summed E-state index contributed by atoms with van der Waals surface area (Å²) in [7, 11) is 0. The lowest BCUT2D eigenvalue weighted by molar-refractivity contribution is 0.527. The van der Waals surface area contributed by atoms with Crippen LogP contribution < -0.4 is 0 Å². The van der Waals surface area contributed by atoms with Crippen LogP contribution in [0.1, 0.15) is 50.7 Å². The van der Waals surface area contributed by atoms with Gasteiger partial charge in [0, 0.05) is 0 Å². The molecule has 0 aliphatic heterocycles. The first-order valence-electron chi connectivity index (χ1n) is 8.29. The van der Waals surface area contributed by atoms with Crippen molar-refractivity contribution in [2.24, 2.45) is 5.92 Å². The first-order valence-corrected chi connectivity index (χ1v) is 8.29. The van der Waals surface area contributed by atoms with E-state index >= 15 is 0 Å². The second-order valence-corrected chi connectivity index (χ2v) is 6.31. The van der Waals surface area contributed by atoms with Crippen LogP contribution in [0.15, 0.2) is 48.5 Å². The molecule has 2 aromatic rings. The van der Waals surface area contributed by atoms with Crippen LogP contribution in [0.5, 0.6) is 0 Å². The zero-order chi connectivity index (χ0) is 15.8. The van der Waals surface area contributed by atoms with E-state index in [9.17, 15) is 5.26 Å². The highest BCUT2D eigenvalue weighted by molar-refractivity contribution is 5.72. The maximum Gasteiger partial charge on any atom is 0.100 e. The fourth-order valence-corrected chi connectivity index (χ4v) is 2.84. The van der Waals surface area contributed by atoms with Crippen LogP contribution in [0.3, 0.4) is 0 Å². The smallest absolute Gasteiger partial charge is 0.100 e. The molecule has 0 saturated carbocycles. The van der Waals surface area contributed by atoms with Crippen molar-refractivity contribution in [3.8, 4) is 17.2 Å². The van der Waals surface area contributed by atoms with Gasteiger partial charge in [-0.3, -0.25) is 0 Å². The zero-order valence-corrected chi connectivity index (χ0v) is 13.7. The van der Waals surface area contributed by atoms with Crippen LogP contribution in [0, 0.1) is 17.2 Å². The molecule has 1 nitrogen and oxygen atoms in total. The summed E-state index contributed by atoms with van der Waals surface area (Å²) >= 11 is 0. The Morgan fingerprint density at radius 3 is 2.36 bits per heavy atom. The van der Waals surface area contributed by atoms with E-state index in [-0.39, 0.29) is 0 Å². The summed E-state index contributed by atoms with van der Waals surface area (Å²) in [4.78, 5) is 0. The molecule has 0 aliphatic rings. The third kappa shape index (κ3) is 4.46. The maximum absolute atomic E-state index is 9.59. The minimum absolute atomic E-state index is 0.788. The van der Waals surface area contributed by atoms with Crippen LogP contribution in [0.2, 0.25) is 0 Å². The number of nitriles is 1. The molecule has 2 aromatic carbocycles. The molecule has 0 N–H and O–H groups in total. The third-order valence-electron chi connectivity index (χ3n) is 4.07. The SMILES string of the molecule is CC(C)CCCCCc1cccc(-c2ccccc2)c1C#N. The molecule has 0 spiro atoms. The summed E-state index contributed by atoms with van der Waals surface area (Å²) < 4.78 is 0. The van der Waals surface area contributed by atoms with Crippen LogP contribution in [-0.4, -0.2) is 0 Å². The molecular weight excluding hydrogens is 266 g/mol. The zero-order valence-electron chi connectivity index (χ0n) is 13.7. The molecule has 1 heteroatoms. The van der Waals surface area contributed by atoms with Crippen molar-refractivity contribution in [2.45, 2.75) is 46.0 Å². The normalized spacial score (nSPS) is 10.6. The van der Waals surface area contributed by atoms with Gasteiger partial charge in [-0.1, -0.05) is 81.6 Å². The Bertz CT molecular complexity index is 620. The number of hydrogen-bond acceptors (Lipinski definition) is 1. The predicted octanol–water partition coefficient (Wildman–Crippen LogP) is 5.98. The maximum atomic E-state index is 9.59. The number of nitrogens with zero attached hydrogens (tertiary/aromatic N) is 1. The molecule has 0 radical (unpaired) electrons. The fourth-order valence-electron chi connectivity index (χ4n) is 2.84. The first kappa shape index (κ1) is 16.3. The summed E-state index contributed by atoms with van der Waals surface area (Å²) in [6, 6.07) is 18.9. The van der Waals surface area contributed by atoms with E-state index in [1.165, 1.54) is 31.2 Å². The van der Waals surface area contributed by atoms with Crippen molar-refractivity contribution >= 4 is 0 Å². The molecule has 0 heterocycles. The van der Waals surface area contributed by atoms with E-state index in [2.05, 4.69) is 50.2 Å². The Kier molecular flexibility index (Phi) is 6.22. The van der Waals surface area contributed by atoms with E-state index in [1.807, 2.05) is 18.2 Å². The van der Waals surface area contributed by atoms with Gasteiger partial charge in [0.1, 0.15) is 6.07 Å². The van der Waals surface area contributed by atoms with Crippen LogP contribution in [-0.2, 0) is 6.42 Å². The Hall–Kier alpha value is -2.07. The van der Waals surface area contributed by atoms with Crippen molar-refractivity contribution in [1.29, 1.82) is 5.26 Å². The number of rotatable bonds is 7. The lowest BCUT2D eigenvalue weighted by Gasteiger charge is -2.10. The molecule has 22 heavy (non-hydrogen) atoms. The minimum Gasteiger partial charge on any atom is -0.192 e. The van der Waals surface area contributed by atoms with E-state index in [4.69, 9.17) is 0 Å². The molecule has 0 aliphatic carbocycles. The van der Waals surface area contributed by atoms with Gasteiger partial charge in [-0.15, -0.1) is 0 Å².